The van der Waals surface area contributed by atoms with Crippen molar-refractivity contribution in [2.75, 3.05) is 7.11 Å². The molecular weight excluding hydrogens is 390 g/mol. The Bertz CT molecular complexity index is 1090. The van der Waals surface area contributed by atoms with Crippen LogP contribution in [-0.4, -0.2) is 33.3 Å². The zero-order valence-corrected chi connectivity index (χ0v) is 17.1. The summed E-state index contributed by atoms with van der Waals surface area (Å²) in [5.41, 5.74) is 2.29. The van der Waals surface area contributed by atoms with Gasteiger partial charge < -0.3 is 9.47 Å². The topological polar surface area (TPSA) is 66.2 Å². The summed E-state index contributed by atoms with van der Waals surface area (Å²) in [6.45, 7) is 4.02. The zero-order valence-electron chi connectivity index (χ0n) is 16.3. The number of carbonyl (C=O) groups excluding carboxylic acids is 1. The average molecular weight is 410 g/mol. The molecule has 0 fully saturated rings. The Kier molecular flexibility index (Phi) is 4.88. The molecule has 148 valence electrons. The van der Waals surface area contributed by atoms with Crippen molar-refractivity contribution in [3.63, 3.8) is 0 Å². The highest BCUT2D eigenvalue weighted by atomic mass is 35.5. The zero-order chi connectivity index (χ0) is 20.6. The smallest absolute Gasteiger partial charge is 0.211 e. The number of hydrogen-bond donors (Lipinski definition) is 0. The molecule has 4 rings (SSSR count). The normalized spacial score (nSPS) is 15.0. The highest BCUT2D eigenvalue weighted by molar-refractivity contribution is 6.30. The van der Waals surface area contributed by atoms with E-state index in [1.165, 1.54) is 17.3 Å². The van der Waals surface area contributed by atoms with Gasteiger partial charge in [0.1, 0.15) is 24.0 Å². The Balaban J connectivity index is 1.79. The molecule has 0 saturated carbocycles. The third-order valence-corrected chi connectivity index (χ3v) is 4.93. The largest absolute Gasteiger partial charge is 0.493 e. The number of halogens is 1. The van der Waals surface area contributed by atoms with Crippen LogP contribution in [0.25, 0.3) is 11.8 Å². The number of fused-ring (bicyclic) bond motifs is 1. The van der Waals surface area contributed by atoms with E-state index >= 15 is 0 Å². The van der Waals surface area contributed by atoms with Crippen LogP contribution in [0.2, 0.25) is 5.02 Å². The second kappa shape index (κ2) is 7.37. The number of benzene rings is 2. The first-order valence-corrected chi connectivity index (χ1v) is 9.51. The highest BCUT2D eigenvalue weighted by Gasteiger charge is 2.34. The molecule has 2 aromatic carbocycles. The summed E-state index contributed by atoms with van der Waals surface area (Å²) in [6.07, 6.45) is 5.34. The maximum absolute atomic E-state index is 13.5. The summed E-state index contributed by atoms with van der Waals surface area (Å²) in [7, 11) is 1.57. The molecule has 2 heterocycles. The van der Waals surface area contributed by atoms with Crippen LogP contribution in [0.3, 0.4) is 0 Å². The van der Waals surface area contributed by atoms with Gasteiger partial charge in [-0.25, -0.2) is 9.67 Å². The quantitative estimate of drug-likeness (QED) is 0.457. The predicted molar refractivity (Wildman–Crippen MR) is 111 cm³/mol. The maximum Gasteiger partial charge on any atom is 0.211 e. The van der Waals surface area contributed by atoms with Crippen LogP contribution < -0.4 is 9.47 Å². The number of rotatable bonds is 5. The number of nitrogens with zero attached hydrogens (tertiary/aromatic N) is 3. The lowest BCUT2D eigenvalue weighted by Crippen LogP contribution is -2.24. The molecule has 0 N–H and O–H groups in total. The summed E-state index contributed by atoms with van der Waals surface area (Å²) >= 11 is 5.98. The standard InChI is InChI=1S/C22H20ClN3O3/c1-22(2)11-16-9-15(10-19(28-3)21(16)29-22)20(27)18(26-13-24-12-25-26)8-14-4-6-17(23)7-5-14/h4-10,12-13H,11H2,1-3H3/b18-8-. The Morgan fingerprint density at radius 1 is 1.28 bits per heavy atom. The first-order chi connectivity index (χ1) is 13.9. The number of aromatic nitrogens is 3. The molecule has 0 amide bonds. The molecule has 0 atom stereocenters. The second-order valence-electron chi connectivity index (χ2n) is 7.46. The van der Waals surface area contributed by atoms with Gasteiger partial charge in [0.25, 0.3) is 0 Å². The summed E-state index contributed by atoms with van der Waals surface area (Å²) in [5.74, 6) is 1.04. The Labute approximate surface area is 173 Å². The Morgan fingerprint density at radius 2 is 2.03 bits per heavy atom. The molecule has 0 unspecified atom stereocenters. The van der Waals surface area contributed by atoms with E-state index in [4.69, 9.17) is 21.1 Å². The van der Waals surface area contributed by atoms with Crippen molar-refractivity contribution in [1.82, 2.24) is 14.8 Å². The minimum Gasteiger partial charge on any atom is -0.493 e. The lowest BCUT2D eigenvalue weighted by Gasteiger charge is -2.17. The van der Waals surface area contributed by atoms with Gasteiger partial charge >= 0.3 is 0 Å². The molecule has 0 radical (unpaired) electrons. The first kappa shape index (κ1) is 19.2. The molecule has 1 aliphatic rings. The van der Waals surface area contributed by atoms with Crippen molar-refractivity contribution < 1.29 is 14.3 Å². The minimum absolute atomic E-state index is 0.198. The summed E-state index contributed by atoms with van der Waals surface area (Å²) in [5, 5.41) is 4.78. The van der Waals surface area contributed by atoms with Gasteiger partial charge in [-0.2, -0.15) is 5.10 Å². The maximum atomic E-state index is 13.5. The van der Waals surface area contributed by atoms with Crippen LogP contribution in [0.1, 0.15) is 35.3 Å². The number of carbonyl (C=O) groups is 1. The van der Waals surface area contributed by atoms with Gasteiger partial charge in [-0.15, -0.1) is 0 Å². The minimum atomic E-state index is -0.342. The monoisotopic (exact) mass is 409 g/mol. The molecule has 6 nitrogen and oxygen atoms in total. The lowest BCUT2D eigenvalue weighted by molar-refractivity contribution is 0.105. The molecule has 0 spiro atoms. The van der Waals surface area contributed by atoms with E-state index in [0.717, 1.165) is 11.1 Å². The van der Waals surface area contributed by atoms with E-state index < -0.39 is 0 Å². The fourth-order valence-electron chi connectivity index (χ4n) is 3.39. The van der Waals surface area contributed by atoms with Gasteiger partial charge in [-0.3, -0.25) is 4.79 Å². The van der Waals surface area contributed by atoms with Gasteiger partial charge in [-0.05, 0) is 49.8 Å². The van der Waals surface area contributed by atoms with Crippen LogP contribution in [-0.2, 0) is 6.42 Å². The number of ether oxygens (including phenoxy) is 2. The van der Waals surface area contributed by atoms with Crippen molar-refractivity contribution in [1.29, 1.82) is 0 Å². The van der Waals surface area contributed by atoms with Crippen molar-refractivity contribution >= 4 is 29.2 Å². The Morgan fingerprint density at radius 3 is 2.69 bits per heavy atom. The molecule has 1 aliphatic heterocycles. The van der Waals surface area contributed by atoms with Crippen molar-refractivity contribution in [3.05, 3.63) is 70.8 Å². The fourth-order valence-corrected chi connectivity index (χ4v) is 3.52. The van der Waals surface area contributed by atoms with Crippen LogP contribution in [0, 0.1) is 0 Å². The number of ketones is 1. The van der Waals surface area contributed by atoms with Gasteiger partial charge in [-0.1, -0.05) is 23.7 Å². The molecule has 29 heavy (non-hydrogen) atoms. The number of Topliss-reactive ketones (excluding diaryl/α,β-unsaturated/α-hetero) is 1. The number of methoxy groups -OCH3 is 1. The van der Waals surface area contributed by atoms with Gasteiger partial charge in [0.05, 0.1) is 7.11 Å². The molecule has 0 bridgehead atoms. The molecule has 7 heteroatoms. The van der Waals surface area contributed by atoms with Crippen LogP contribution >= 0.6 is 11.6 Å². The van der Waals surface area contributed by atoms with Crippen LogP contribution in [0.5, 0.6) is 11.5 Å². The number of hydrogen-bond acceptors (Lipinski definition) is 5. The van der Waals surface area contributed by atoms with Gasteiger partial charge in [0.15, 0.2) is 11.5 Å². The summed E-state index contributed by atoms with van der Waals surface area (Å²) in [6, 6.07) is 10.8. The molecule has 0 aliphatic carbocycles. The van der Waals surface area contributed by atoms with Crippen molar-refractivity contribution in [2.45, 2.75) is 25.9 Å². The third kappa shape index (κ3) is 3.89. The lowest BCUT2D eigenvalue weighted by atomic mass is 9.97. The Hall–Kier alpha value is -3.12. The average Bonchev–Trinajstić information content (AvgIpc) is 3.32. The van der Waals surface area contributed by atoms with Crippen LogP contribution in [0.4, 0.5) is 0 Å². The van der Waals surface area contributed by atoms with Crippen LogP contribution in [0.15, 0.2) is 49.1 Å². The van der Waals surface area contributed by atoms with E-state index in [-0.39, 0.29) is 11.4 Å². The van der Waals surface area contributed by atoms with Crippen molar-refractivity contribution in [2.24, 2.45) is 0 Å². The van der Waals surface area contributed by atoms with E-state index in [2.05, 4.69) is 10.1 Å². The van der Waals surface area contributed by atoms with E-state index in [1.54, 1.807) is 31.4 Å². The molecule has 1 aromatic heterocycles. The fraction of sp³-hybridized carbons (Fsp3) is 0.227. The van der Waals surface area contributed by atoms with E-state index in [0.29, 0.717) is 34.2 Å². The predicted octanol–water partition coefficient (Wildman–Crippen LogP) is 4.53. The van der Waals surface area contributed by atoms with Crippen molar-refractivity contribution in [3.8, 4) is 11.5 Å². The highest BCUT2D eigenvalue weighted by Crippen LogP contribution is 2.43. The molecular formula is C22H20ClN3O3. The molecule has 3 aromatic rings. The second-order valence-corrected chi connectivity index (χ2v) is 7.89. The van der Waals surface area contributed by atoms with Gasteiger partial charge in [0.2, 0.25) is 5.78 Å². The SMILES string of the molecule is COc1cc(C(=O)/C(=C/c2ccc(Cl)cc2)n2cncn2)cc2c1OC(C)(C)C2. The third-order valence-electron chi connectivity index (χ3n) is 4.68. The van der Waals surface area contributed by atoms with Gasteiger partial charge in [0, 0.05) is 22.6 Å². The summed E-state index contributed by atoms with van der Waals surface area (Å²) < 4.78 is 13.0. The first-order valence-electron chi connectivity index (χ1n) is 9.13. The molecule has 0 saturated heterocycles. The van der Waals surface area contributed by atoms with E-state index in [1.807, 2.05) is 32.0 Å². The van der Waals surface area contributed by atoms with E-state index in [9.17, 15) is 4.79 Å². The summed E-state index contributed by atoms with van der Waals surface area (Å²) in [4.78, 5) is 17.4. The number of allylic oxidation sites excluding steroid dienone is 1.